The Hall–Kier alpha value is -1.16. The second kappa shape index (κ2) is 6.43. The first-order valence-electron chi connectivity index (χ1n) is 5.24. The number of hydrogen-bond acceptors (Lipinski definition) is 3. The Balaban J connectivity index is 2.48. The van der Waals surface area contributed by atoms with Crippen LogP contribution in [0.2, 0.25) is 0 Å². The molecule has 1 atom stereocenters. The highest BCUT2D eigenvalue weighted by Gasteiger charge is 2.05. The summed E-state index contributed by atoms with van der Waals surface area (Å²) in [7, 11) is 0. The second-order valence-electron chi connectivity index (χ2n) is 3.71. The number of hydrogen-bond donors (Lipinski definition) is 2. The molecule has 0 bridgehead atoms. The molecule has 0 aliphatic rings. The number of nitrogens with one attached hydrogen (secondary N) is 1. The van der Waals surface area contributed by atoms with E-state index in [2.05, 4.69) is 17.4 Å². The van der Waals surface area contributed by atoms with Crippen molar-refractivity contribution in [3.05, 3.63) is 24.3 Å². The van der Waals surface area contributed by atoms with Gasteiger partial charge in [-0.25, -0.2) is 0 Å². The molecule has 1 aromatic rings. The molecule has 0 amide bonds. The molecule has 3 nitrogen and oxygen atoms in total. The lowest BCUT2D eigenvalue weighted by Gasteiger charge is -2.14. The summed E-state index contributed by atoms with van der Waals surface area (Å²) < 4.78 is 0. The maximum atomic E-state index is 10.4. The Morgan fingerprint density at radius 2 is 2.31 bits per heavy atom. The molecule has 1 aromatic carbocycles. The highest BCUT2D eigenvalue weighted by atomic mass is 32.2. The highest BCUT2D eigenvalue weighted by Crippen LogP contribution is 2.19. The van der Waals surface area contributed by atoms with Crippen molar-refractivity contribution in [2.24, 2.45) is 0 Å². The van der Waals surface area contributed by atoms with E-state index in [9.17, 15) is 4.79 Å². The van der Waals surface area contributed by atoms with Crippen LogP contribution >= 0.6 is 11.8 Å². The van der Waals surface area contributed by atoms with Crippen LogP contribution in [0.15, 0.2) is 29.2 Å². The number of aliphatic carboxylic acids is 1. The van der Waals surface area contributed by atoms with E-state index in [-0.39, 0.29) is 12.5 Å². The Morgan fingerprint density at radius 1 is 1.56 bits per heavy atom. The van der Waals surface area contributed by atoms with E-state index in [0.717, 1.165) is 5.69 Å². The highest BCUT2D eigenvalue weighted by molar-refractivity contribution is 7.98. The molecule has 0 saturated carbocycles. The number of thioether (sulfide) groups is 1. The molecular weight excluding hydrogens is 222 g/mol. The number of carboxylic acids is 1. The third kappa shape index (κ3) is 4.57. The summed E-state index contributed by atoms with van der Waals surface area (Å²) in [4.78, 5) is 11.6. The molecule has 0 spiro atoms. The normalized spacial score (nSPS) is 12.1. The van der Waals surface area contributed by atoms with Crippen molar-refractivity contribution >= 4 is 23.4 Å². The van der Waals surface area contributed by atoms with Crippen molar-refractivity contribution in [3.8, 4) is 0 Å². The van der Waals surface area contributed by atoms with E-state index >= 15 is 0 Å². The lowest BCUT2D eigenvalue weighted by atomic mass is 10.1. The third-order valence-electron chi connectivity index (χ3n) is 2.27. The van der Waals surface area contributed by atoms with Gasteiger partial charge in [-0.1, -0.05) is 6.07 Å². The maximum Gasteiger partial charge on any atom is 0.303 e. The summed E-state index contributed by atoms with van der Waals surface area (Å²) >= 11 is 1.69. The van der Waals surface area contributed by atoms with E-state index in [4.69, 9.17) is 5.11 Å². The van der Waals surface area contributed by atoms with Gasteiger partial charge in [-0.3, -0.25) is 4.79 Å². The van der Waals surface area contributed by atoms with Gasteiger partial charge in [0.25, 0.3) is 0 Å². The summed E-state index contributed by atoms with van der Waals surface area (Å²) in [6, 6.07) is 8.29. The maximum absolute atomic E-state index is 10.4. The molecule has 88 valence electrons. The van der Waals surface area contributed by atoms with Gasteiger partial charge in [0, 0.05) is 23.0 Å². The van der Waals surface area contributed by atoms with Crippen molar-refractivity contribution in [3.63, 3.8) is 0 Å². The Kier molecular flexibility index (Phi) is 5.19. The molecule has 4 heteroatoms. The van der Waals surface area contributed by atoms with Crippen molar-refractivity contribution in [2.75, 3.05) is 11.6 Å². The first-order valence-corrected chi connectivity index (χ1v) is 6.46. The average molecular weight is 239 g/mol. The van der Waals surface area contributed by atoms with Crippen LogP contribution in [0, 0.1) is 0 Å². The molecule has 1 rings (SSSR count). The van der Waals surface area contributed by atoms with Crippen molar-refractivity contribution < 1.29 is 9.90 Å². The van der Waals surface area contributed by atoms with E-state index in [1.54, 1.807) is 11.8 Å². The third-order valence-corrected chi connectivity index (χ3v) is 3.00. The largest absolute Gasteiger partial charge is 0.481 e. The predicted octanol–water partition coefficient (Wildman–Crippen LogP) is 3.07. The molecule has 0 aromatic heterocycles. The summed E-state index contributed by atoms with van der Waals surface area (Å²) in [6.45, 7) is 1.99. The minimum Gasteiger partial charge on any atom is -0.481 e. The van der Waals surface area contributed by atoms with Crippen LogP contribution in [-0.2, 0) is 4.79 Å². The Bertz CT molecular complexity index is 355. The summed E-state index contributed by atoms with van der Waals surface area (Å²) in [6.07, 6.45) is 2.88. The molecule has 0 fully saturated rings. The molecule has 0 aliphatic heterocycles. The first-order chi connectivity index (χ1) is 7.61. The lowest BCUT2D eigenvalue weighted by Crippen LogP contribution is -2.16. The van der Waals surface area contributed by atoms with Crippen LogP contribution in [0.5, 0.6) is 0 Å². The number of rotatable bonds is 6. The van der Waals surface area contributed by atoms with Crippen LogP contribution in [0.4, 0.5) is 5.69 Å². The fourth-order valence-corrected chi connectivity index (χ4v) is 1.87. The van der Waals surface area contributed by atoms with Crippen molar-refractivity contribution in [1.82, 2.24) is 0 Å². The lowest BCUT2D eigenvalue weighted by molar-refractivity contribution is -0.137. The van der Waals surface area contributed by atoms with Crippen LogP contribution in [0.1, 0.15) is 19.8 Å². The molecule has 1 unspecified atom stereocenters. The zero-order valence-corrected chi connectivity index (χ0v) is 10.4. The zero-order valence-electron chi connectivity index (χ0n) is 9.56. The fourth-order valence-electron chi connectivity index (χ4n) is 1.41. The number of carbonyl (C=O) groups is 1. The molecule has 0 saturated heterocycles. The van der Waals surface area contributed by atoms with Crippen LogP contribution in [-0.4, -0.2) is 23.4 Å². The predicted molar refractivity (Wildman–Crippen MR) is 68.2 cm³/mol. The minimum atomic E-state index is -0.744. The fraction of sp³-hybridized carbons (Fsp3) is 0.417. The van der Waals surface area contributed by atoms with Gasteiger partial charge in [-0.05, 0) is 37.8 Å². The van der Waals surface area contributed by atoms with Gasteiger partial charge in [0.15, 0.2) is 0 Å². The molecule has 2 N–H and O–H groups in total. The smallest absolute Gasteiger partial charge is 0.303 e. The van der Waals surface area contributed by atoms with E-state index < -0.39 is 5.97 Å². The van der Waals surface area contributed by atoms with E-state index in [1.165, 1.54) is 4.90 Å². The average Bonchev–Trinajstić information content (AvgIpc) is 2.26. The van der Waals surface area contributed by atoms with Gasteiger partial charge in [-0.2, -0.15) is 0 Å². The van der Waals surface area contributed by atoms with Gasteiger partial charge in [-0.15, -0.1) is 11.8 Å². The molecule has 0 radical (unpaired) electrons. The van der Waals surface area contributed by atoms with Gasteiger partial charge in [0.2, 0.25) is 0 Å². The Labute approximate surface area is 100 Å². The van der Waals surface area contributed by atoms with Crippen molar-refractivity contribution in [1.29, 1.82) is 0 Å². The quantitative estimate of drug-likeness (QED) is 0.749. The van der Waals surface area contributed by atoms with E-state index in [0.29, 0.717) is 6.42 Å². The van der Waals surface area contributed by atoms with Gasteiger partial charge in [0.05, 0.1) is 0 Å². The zero-order chi connectivity index (χ0) is 12.0. The topological polar surface area (TPSA) is 49.3 Å². The van der Waals surface area contributed by atoms with Crippen LogP contribution in [0.3, 0.4) is 0 Å². The van der Waals surface area contributed by atoms with Crippen LogP contribution < -0.4 is 5.32 Å². The van der Waals surface area contributed by atoms with Crippen molar-refractivity contribution in [2.45, 2.75) is 30.7 Å². The molecule has 16 heavy (non-hydrogen) atoms. The first kappa shape index (κ1) is 12.9. The molecular formula is C12H17NO2S. The summed E-state index contributed by atoms with van der Waals surface area (Å²) in [5.41, 5.74) is 1.05. The number of anilines is 1. The van der Waals surface area contributed by atoms with E-state index in [1.807, 2.05) is 25.3 Å². The van der Waals surface area contributed by atoms with Crippen LogP contribution in [0.25, 0.3) is 0 Å². The SMILES string of the molecule is CSc1cccc(NC(C)CCC(=O)O)c1. The Morgan fingerprint density at radius 3 is 2.94 bits per heavy atom. The summed E-state index contributed by atoms with van der Waals surface area (Å²) in [5.74, 6) is -0.744. The number of benzene rings is 1. The van der Waals surface area contributed by atoms with Gasteiger partial charge in [0.1, 0.15) is 0 Å². The summed E-state index contributed by atoms with van der Waals surface area (Å²) in [5, 5.41) is 11.9. The second-order valence-corrected chi connectivity index (χ2v) is 4.59. The monoisotopic (exact) mass is 239 g/mol. The number of carboxylic acid groups (broad SMARTS) is 1. The molecule has 0 heterocycles. The minimum absolute atomic E-state index is 0.174. The molecule has 0 aliphatic carbocycles. The van der Waals surface area contributed by atoms with Gasteiger partial charge < -0.3 is 10.4 Å². The van der Waals surface area contributed by atoms with Gasteiger partial charge >= 0.3 is 5.97 Å². The standard InChI is InChI=1S/C12H17NO2S/c1-9(6-7-12(14)15)13-10-4-3-5-11(8-10)16-2/h3-5,8-9,13H,6-7H2,1-2H3,(H,14,15).